The summed E-state index contributed by atoms with van der Waals surface area (Å²) in [6, 6.07) is 14.5. The number of carbonyl (C=O) groups is 2. The van der Waals surface area contributed by atoms with Crippen LogP contribution in [0.15, 0.2) is 76.9 Å². The van der Waals surface area contributed by atoms with E-state index in [1.165, 1.54) is 29.4 Å². The van der Waals surface area contributed by atoms with E-state index in [2.05, 4.69) is 0 Å². The number of carbonyl (C=O) groups excluding carboxylic acids is 2. The highest BCUT2D eigenvalue weighted by Gasteiger charge is 2.46. The Hall–Kier alpha value is -4.40. The van der Waals surface area contributed by atoms with E-state index in [0.717, 1.165) is 6.07 Å². The number of Topliss-reactive ketones (excluding diaryl/α,β-unsaturated/α-hetero) is 1. The quantitative estimate of drug-likeness (QED) is 0.189. The Morgan fingerprint density at radius 2 is 1.91 bits per heavy atom. The lowest BCUT2D eigenvalue weighted by molar-refractivity contribution is -0.384. The molecular weight excluding hydrogens is 428 g/mol. The van der Waals surface area contributed by atoms with Gasteiger partial charge in [-0.25, -0.2) is 0 Å². The molecule has 4 rings (SSSR count). The number of nitro benzene ring substituents is 1. The maximum atomic E-state index is 13.0. The van der Waals surface area contributed by atoms with Crippen LogP contribution in [-0.2, 0) is 16.1 Å². The first-order chi connectivity index (χ1) is 15.9. The lowest BCUT2D eigenvalue weighted by Gasteiger charge is -2.24. The van der Waals surface area contributed by atoms with Gasteiger partial charge in [-0.3, -0.25) is 19.7 Å². The van der Waals surface area contributed by atoms with Crippen LogP contribution in [-0.4, -0.2) is 33.2 Å². The molecule has 9 heteroatoms. The van der Waals surface area contributed by atoms with Crippen LogP contribution in [0.25, 0.3) is 5.76 Å². The second-order valence-corrected chi connectivity index (χ2v) is 7.32. The molecule has 0 radical (unpaired) electrons. The second-order valence-electron chi connectivity index (χ2n) is 7.32. The third-order valence-electron chi connectivity index (χ3n) is 5.28. The Morgan fingerprint density at radius 3 is 2.55 bits per heavy atom. The number of hydrogen-bond donors (Lipinski definition) is 1. The SMILES string of the molecule is CCOc1ccc([C@@H]2/C(=C(\O)c3cccc([N+](=O)[O-])c3)C(=O)C(=O)N2Cc2ccco2)cc1. The van der Waals surface area contributed by atoms with E-state index in [1.54, 1.807) is 36.4 Å². The number of nitrogens with zero attached hydrogens (tertiary/aromatic N) is 2. The number of ether oxygens (including phenoxy) is 1. The lowest BCUT2D eigenvalue weighted by Crippen LogP contribution is -2.29. The van der Waals surface area contributed by atoms with Gasteiger partial charge in [0.1, 0.15) is 17.3 Å². The average molecular weight is 448 g/mol. The van der Waals surface area contributed by atoms with E-state index in [9.17, 15) is 24.8 Å². The van der Waals surface area contributed by atoms with Crippen molar-refractivity contribution in [2.45, 2.75) is 19.5 Å². The maximum absolute atomic E-state index is 13.0. The van der Waals surface area contributed by atoms with Crippen molar-refractivity contribution in [3.8, 4) is 5.75 Å². The Kier molecular flexibility index (Phi) is 5.95. The molecule has 1 aliphatic heterocycles. The molecule has 2 aromatic carbocycles. The highest BCUT2D eigenvalue weighted by Crippen LogP contribution is 2.41. The van der Waals surface area contributed by atoms with Gasteiger partial charge in [-0.2, -0.15) is 0 Å². The smallest absolute Gasteiger partial charge is 0.296 e. The molecule has 9 nitrogen and oxygen atoms in total. The van der Waals surface area contributed by atoms with Crippen molar-refractivity contribution in [1.29, 1.82) is 0 Å². The zero-order valence-corrected chi connectivity index (χ0v) is 17.6. The molecule has 1 aromatic heterocycles. The number of amides is 1. The Labute approximate surface area is 188 Å². The molecule has 0 unspecified atom stereocenters. The molecule has 0 bridgehead atoms. The molecule has 1 atom stereocenters. The molecule has 1 amide bonds. The molecule has 1 aliphatic rings. The molecule has 1 saturated heterocycles. The normalized spacial score (nSPS) is 17.4. The van der Waals surface area contributed by atoms with Gasteiger partial charge in [0.05, 0.1) is 36.0 Å². The zero-order valence-electron chi connectivity index (χ0n) is 17.6. The van der Waals surface area contributed by atoms with Crippen molar-refractivity contribution < 1.29 is 28.8 Å². The molecule has 1 N–H and O–H groups in total. The fraction of sp³-hybridized carbons (Fsp3) is 0.167. The van der Waals surface area contributed by atoms with Crippen molar-refractivity contribution in [2.75, 3.05) is 6.61 Å². The average Bonchev–Trinajstić information content (AvgIpc) is 3.42. The van der Waals surface area contributed by atoms with Gasteiger partial charge in [-0.15, -0.1) is 0 Å². The molecule has 0 saturated carbocycles. The van der Waals surface area contributed by atoms with Crippen molar-refractivity contribution in [3.05, 3.63) is 99.5 Å². The zero-order chi connectivity index (χ0) is 23.5. The number of aliphatic hydroxyl groups is 1. The van der Waals surface area contributed by atoms with Crippen LogP contribution in [0.4, 0.5) is 5.69 Å². The summed E-state index contributed by atoms with van der Waals surface area (Å²) in [5.74, 6) is -1.11. The molecule has 1 fully saturated rings. The Bertz CT molecular complexity index is 1230. The van der Waals surface area contributed by atoms with E-state index < -0.39 is 28.4 Å². The van der Waals surface area contributed by atoms with Crippen LogP contribution >= 0.6 is 0 Å². The van der Waals surface area contributed by atoms with Gasteiger partial charge < -0.3 is 19.2 Å². The van der Waals surface area contributed by atoms with E-state index in [4.69, 9.17) is 9.15 Å². The van der Waals surface area contributed by atoms with Crippen molar-refractivity contribution in [3.63, 3.8) is 0 Å². The summed E-state index contributed by atoms with van der Waals surface area (Å²) >= 11 is 0. The van der Waals surface area contributed by atoms with Gasteiger partial charge in [0.2, 0.25) is 0 Å². The predicted octanol–water partition coefficient (Wildman–Crippen LogP) is 4.21. The van der Waals surface area contributed by atoms with E-state index >= 15 is 0 Å². The van der Waals surface area contributed by atoms with Crippen LogP contribution in [0.2, 0.25) is 0 Å². The van der Waals surface area contributed by atoms with Crippen LogP contribution in [0.1, 0.15) is 29.9 Å². The minimum absolute atomic E-state index is 0.00116. The minimum Gasteiger partial charge on any atom is -0.507 e. The first-order valence-corrected chi connectivity index (χ1v) is 10.2. The van der Waals surface area contributed by atoms with Gasteiger partial charge in [0.15, 0.2) is 0 Å². The number of non-ortho nitro benzene ring substituents is 1. The Balaban J connectivity index is 1.85. The molecule has 0 spiro atoms. The monoisotopic (exact) mass is 448 g/mol. The largest absolute Gasteiger partial charge is 0.507 e. The van der Waals surface area contributed by atoms with E-state index in [0.29, 0.717) is 23.7 Å². The fourth-order valence-electron chi connectivity index (χ4n) is 3.80. The summed E-state index contributed by atoms with van der Waals surface area (Å²) in [4.78, 5) is 37.9. The van der Waals surface area contributed by atoms with Crippen LogP contribution in [0.5, 0.6) is 5.75 Å². The minimum atomic E-state index is -0.926. The van der Waals surface area contributed by atoms with Crippen molar-refractivity contribution in [1.82, 2.24) is 4.90 Å². The number of nitro groups is 1. The van der Waals surface area contributed by atoms with Crippen molar-refractivity contribution in [2.24, 2.45) is 0 Å². The number of hydrogen-bond acceptors (Lipinski definition) is 7. The number of likely N-dealkylation sites (tertiary alicyclic amines) is 1. The van der Waals surface area contributed by atoms with Crippen LogP contribution in [0, 0.1) is 10.1 Å². The topological polar surface area (TPSA) is 123 Å². The van der Waals surface area contributed by atoms with Crippen molar-refractivity contribution >= 4 is 23.1 Å². The highest BCUT2D eigenvalue weighted by atomic mass is 16.6. The van der Waals surface area contributed by atoms with Gasteiger partial charge in [-0.05, 0) is 36.8 Å². The number of benzene rings is 2. The number of ketones is 1. The van der Waals surface area contributed by atoms with Crippen LogP contribution < -0.4 is 4.74 Å². The number of aliphatic hydroxyl groups excluding tert-OH is 1. The highest BCUT2D eigenvalue weighted by molar-refractivity contribution is 6.46. The summed E-state index contributed by atoms with van der Waals surface area (Å²) in [5.41, 5.74) is 0.227. The summed E-state index contributed by atoms with van der Waals surface area (Å²) < 4.78 is 10.8. The van der Waals surface area contributed by atoms with E-state index in [1.807, 2.05) is 6.92 Å². The summed E-state index contributed by atoms with van der Waals surface area (Å²) in [7, 11) is 0. The molecular formula is C24H20N2O7. The van der Waals surface area contributed by atoms with Gasteiger partial charge in [-0.1, -0.05) is 24.3 Å². The molecule has 168 valence electrons. The lowest BCUT2D eigenvalue weighted by atomic mass is 9.95. The molecule has 3 aromatic rings. The second kappa shape index (κ2) is 8.99. The Morgan fingerprint density at radius 1 is 1.15 bits per heavy atom. The standard InChI is InChI=1S/C24H20N2O7/c1-2-32-18-10-8-15(9-11-18)21-20(22(27)16-5-3-6-17(13-16)26(30)31)23(28)24(29)25(21)14-19-7-4-12-33-19/h3-13,21,27H,2,14H2,1H3/b22-20+/t21-/m1/s1. The first kappa shape index (κ1) is 21.8. The molecule has 33 heavy (non-hydrogen) atoms. The van der Waals surface area contributed by atoms with E-state index in [-0.39, 0.29) is 23.4 Å². The molecule has 0 aliphatic carbocycles. The summed E-state index contributed by atoms with van der Waals surface area (Å²) in [6.07, 6.45) is 1.46. The molecule has 2 heterocycles. The van der Waals surface area contributed by atoms with Gasteiger partial charge in [0, 0.05) is 17.7 Å². The third kappa shape index (κ3) is 4.20. The van der Waals surface area contributed by atoms with Gasteiger partial charge >= 0.3 is 0 Å². The first-order valence-electron chi connectivity index (χ1n) is 10.2. The maximum Gasteiger partial charge on any atom is 0.296 e. The predicted molar refractivity (Wildman–Crippen MR) is 117 cm³/mol. The number of furan rings is 1. The number of rotatable bonds is 7. The summed E-state index contributed by atoms with van der Waals surface area (Å²) in [6.45, 7) is 2.33. The van der Waals surface area contributed by atoms with Gasteiger partial charge in [0.25, 0.3) is 17.4 Å². The summed E-state index contributed by atoms with van der Waals surface area (Å²) in [5, 5.41) is 22.2. The third-order valence-corrected chi connectivity index (χ3v) is 5.28. The van der Waals surface area contributed by atoms with Crippen LogP contribution in [0.3, 0.4) is 0 Å². The fourth-order valence-corrected chi connectivity index (χ4v) is 3.80.